The highest BCUT2D eigenvalue weighted by atomic mass is 35.5. The molecule has 7 heteroatoms. The molecule has 3 rings (SSSR count). The van der Waals surface area contributed by atoms with E-state index < -0.39 is 10.8 Å². The van der Waals surface area contributed by atoms with Crippen molar-refractivity contribution < 1.29 is 9.72 Å². The molecule has 1 amide bonds. The Morgan fingerprint density at radius 1 is 1.17 bits per heavy atom. The minimum atomic E-state index is -0.821. The van der Waals surface area contributed by atoms with Crippen molar-refractivity contribution in [3.63, 3.8) is 0 Å². The minimum Gasteiger partial charge on any atom is -0.357 e. The van der Waals surface area contributed by atoms with Crippen molar-refractivity contribution in [3.05, 3.63) is 110 Å². The summed E-state index contributed by atoms with van der Waals surface area (Å²) in [7, 11) is 0. The number of hydrogen-bond donors (Lipinski definition) is 2. The van der Waals surface area contributed by atoms with Gasteiger partial charge in [-0.05, 0) is 37.1 Å². The molecular weight excluding hydrogens is 402 g/mol. The number of dihydropyridines is 1. The van der Waals surface area contributed by atoms with E-state index in [1.54, 1.807) is 38.1 Å². The van der Waals surface area contributed by atoms with Gasteiger partial charge in [-0.1, -0.05) is 66.2 Å². The Kier molecular flexibility index (Phi) is 6.69. The molecule has 1 atom stereocenters. The van der Waals surface area contributed by atoms with Crippen molar-refractivity contribution >= 4 is 23.6 Å². The third-order valence-electron chi connectivity index (χ3n) is 4.84. The summed E-state index contributed by atoms with van der Waals surface area (Å²) >= 11 is 6.12. The average Bonchev–Trinajstić information content (AvgIpc) is 2.71. The summed E-state index contributed by atoms with van der Waals surface area (Å²) in [5.41, 5.74) is 2.85. The molecule has 0 fully saturated rings. The monoisotopic (exact) mass is 423 g/mol. The van der Waals surface area contributed by atoms with E-state index >= 15 is 0 Å². The summed E-state index contributed by atoms with van der Waals surface area (Å²) in [4.78, 5) is 24.4. The summed E-state index contributed by atoms with van der Waals surface area (Å²) in [5.74, 6) is -1.19. The van der Waals surface area contributed by atoms with Crippen LogP contribution in [-0.2, 0) is 4.79 Å². The van der Waals surface area contributed by atoms with E-state index in [0.717, 1.165) is 5.56 Å². The number of nitrogens with one attached hydrogen (secondary N) is 2. The summed E-state index contributed by atoms with van der Waals surface area (Å²) in [6.07, 6.45) is 3.74. The molecule has 1 aliphatic rings. The van der Waals surface area contributed by atoms with E-state index in [1.165, 1.54) is 0 Å². The second-order valence-electron chi connectivity index (χ2n) is 6.94. The zero-order valence-electron chi connectivity index (χ0n) is 16.7. The number of amides is 1. The summed E-state index contributed by atoms with van der Waals surface area (Å²) in [6.45, 7) is 3.67. The fourth-order valence-electron chi connectivity index (χ4n) is 3.54. The highest BCUT2D eigenvalue weighted by Crippen LogP contribution is 2.38. The molecule has 0 saturated heterocycles. The largest absolute Gasteiger partial charge is 0.357 e. The first kappa shape index (κ1) is 21.3. The van der Waals surface area contributed by atoms with E-state index in [2.05, 4.69) is 10.6 Å². The lowest BCUT2D eigenvalue weighted by atomic mass is 9.83. The Balaban J connectivity index is 1.88. The van der Waals surface area contributed by atoms with Crippen LogP contribution in [0, 0.1) is 10.1 Å². The molecule has 2 aromatic carbocycles. The van der Waals surface area contributed by atoms with Crippen LogP contribution in [0.2, 0.25) is 5.02 Å². The molecule has 0 spiro atoms. The molecule has 0 radical (unpaired) electrons. The van der Waals surface area contributed by atoms with Crippen molar-refractivity contribution in [1.29, 1.82) is 0 Å². The maximum Gasteiger partial charge on any atom is 0.277 e. The van der Waals surface area contributed by atoms with Gasteiger partial charge in [0.25, 0.3) is 5.70 Å². The second-order valence-corrected chi connectivity index (χ2v) is 7.38. The predicted molar refractivity (Wildman–Crippen MR) is 118 cm³/mol. The number of allylic oxidation sites excluding steroid dienone is 3. The number of carbonyl (C=O) groups is 1. The third-order valence-corrected chi connectivity index (χ3v) is 5.07. The predicted octanol–water partition coefficient (Wildman–Crippen LogP) is 4.64. The Hall–Kier alpha value is -3.38. The average molecular weight is 424 g/mol. The van der Waals surface area contributed by atoms with Gasteiger partial charge in [0, 0.05) is 17.3 Å². The molecule has 6 nitrogen and oxygen atoms in total. The first-order chi connectivity index (χ1) is 14.4. The SMILES string of the molecule is CC1=C(C(=O)NCC=Cc2ccccc2)C(c2cccc(Cl)c2)C([N+](=O)[O-])=C(C)N1. The molecule has 0 aromatic heterocycles. The van der Waals surface area contributed by atoms with E-state index in [0.29, 0.717) is 34.1 Å². The standard InChI is InChI=1S/C23H22ClN3O3/c1-15-20(23(28)25-13-7-10-17-8-4-3-5-9-17)21(18-11-6-12-19(24)14-18)22(27(29)30)16(2)26-15/h3-12,14,21,26H,13H2,1-2H3,(H,25,28). The zero-order chi connectivity index (χ0) is 21.7. The van der Waals surface area contributed by atoms with Gasteiger partial charge in [-0.3, -0.25) is 14.9 Å². The van der Waals surface area contributed by atoms with Crippen LogP contribution in [0.1, 0.15) is 30.9 Å². The van der Waals surface area contributed by atoms with Gasteiger partial charge in [0.1, 0.15) is 5.92 Å². The Morgan fingerprint density at radius 3 is 2.57 bits per heavy atom. The topological polar surface area (TPSA) is 84.3 Å². The first-order valence-electron chi connectivity index (χ1n) is 9.46. The van der Waals surface area contributed by atoms with Gasteiger partial charge in [-0.2, -0.15) is 0 Å². The number of carbonyl (C=O) groups excluding carboxylic acids is 1. The van der Waals surface area contributed by atoms with Crippen molar-refractivity contribution in [2.24, 2.45) is 0 Å². The molecular formula is C23H22ClN3O3. The molecule has 2 aromatic rings. The van der Waals surface area contributed by atoms with E-state index in [1.807, 2.05) is 42.5 Å². The normalized spacial score (nSPS) is 16.6. The summed E-state index contributed by atoms with van der Waals surface area (Å²) in [6, 6.07) is 16.5. The lowest BCUT2D eigenvalue weighted by Crippen LogP contribution is -2.36. The molecule has 0 bridgehead atoms. The van der Waals surface area contributed by atoms with Crippen molar-refractivity contribution in [2.45, 2.75) is 19.8 Å². The van der Waals surface area contributed by atoms with Gasteiger partial charge < -0.3 is 10.6 Å². The maximum absolute atomic E-state index is 13.0. The third kappa shape index (κ3) is 4.78. The molecule has 30 heavy (non-hydrogen) atoms. The number of nitro groups is 1. The molecule has 1 heterocycles. The number of benzene rings is 2. The van der Waals surface area contributed by atoms with Gasteiger partial charge in [0.15, 0.2) is 0 Å². The highest BCUT2D eigenvalue weighted by Gasteiger charge is 2.40. The van der Waals surface area contributed by atoms with Crippen LogP contribution in [-0.4, -0.2) is 17.4 Å². The maximum atomic E-state index is 13.0. The number of hydrogen-bond acceptors (Lipinski definition) is 4. The molecule has 1 unspecified atom stereocenters. The molecule has 0 aliphatic carbocycles. The molecule has 2 N–H and O–H groups in total. The lowest BCUT2D eigenvalue weighted by molar-refractivity contribution is -0.431. The van der Waals surface area contributed by atoms with Crippen LogP contribution in [0.5, 0.6) is 0 Å². The van der Waals surface area contributed by atoms with Crippen LogP contribution in [0.4, 0.5) is 0 Å². The Morgan fingerprint density at radius 2 is 1.90 bits per heavy atom. The Bertz CT molecular complexity index is 1060. The van der Waals surface area contributed by atoms with Gasteiger partial charge in [0.2, 0.25) is 5.91 Å². The minimum absolute atomic E-state index is 0.0622. The fraction of sp³-hybridized carbons (Fsp3) is 0.174. The Labute approximate surface area is 180 Å². The van der Waals surface area contributed by atoms with Crippen molar-refractivity contribution in [1.82, 2.24) is 10.6 Å². The fourth-order valence-corrected chi connectivity index (χ4v) is 3.74. The van der Waals surface area contributed by atoms with Crippen LogP contribution in [0.3, 0.4) is 0 Å². The van der Waals surface area contributed by atoms with Crippen LogP contribution < -0.4 is 10.6 Å². The van der Waals surface area contributed by atoms with Crippen LogP contribution in [0.15, 0.2) is 83.3 Å². The van der Waals surface area contributed by atoms with Crippen molar-refractivity contribution in [2.75, 3.05) is 6.54 Å². The summed E-state index contributed by atoms with van der Waals surface area (Å²) < 4.78 is 0. The molecule has 154 valence electrons. The van der Waals surface area contributed by atoms with E-state index in [-0.39, 0.29) is 11.6 Å². The first-order valence-corrected chi connectivity index (χ1v) is 9.84. The smallest absolute Gasteiger partial charge is 0.277 e. The quantitative estimate of drug-likeness (QED) is 0.523. The van der Waals surface area contributed by atoms with Gasteiger partial charge in [-0.15, -0.1) is 0 Å². The zero-order valence-corrected chi connectivity index (χ0v) is 17.4. The lowest BCUT2D eigenvalue weighted by Gasteiger charge is -2.27. The number of nitrogens with zero attached hydrogens (tertiary/aromatic N) is 1. The molecule has 0 saturated carbocycles. The molecule has 1 aliphatic heterocycles. The number of halogens is 1. The van der Waals surface area contributed by atoms with E-state index in [4.69, 9.17) is 11.6 Å². The highest BCUT2D eigenvalue weighted by molar-refractivity contribution is 6.30. The van der Waals surface area contributed by atoms with Gasteiger partial charge >= 0.3 is 0 Å². The van der Waals surface area contributed by atoms with E-state index in [9.17, 15) is 14.9 Å². The second kappa shape index (κ2) is 9.41. The van der Waals surface area contributed by atoms with Gasteiger partial charge in [-0.25, -0.2) is 0 Å². The van der Waals surface area contributed by atoms with Crippen LogP contribution >= 0.6 is 11.6 Å². The number of rotatable bonds is 6. The summed E-state index contributed by atoms with van der Waals surface area (Å²) in [5, 5.41) is 18.1. The van der Waals surface area contributed by atoms with Gasteiger partial charge in [0.05, 0.1) is 16.2 Å². The van der Waals surface area contributed by atoms with Crippen LogP contribution in [0.25, 0.3) is 6.08 Å². The van der Waals surface area contributed by atoms with Crippen molar-refractivity contribution in [3.8, 4) is 0 Å².